The van der Waals surface area contributed by atoms with Crippen LogP contribution in [0.2, 0.25) is 0 Å². The summed E-state index contributed by atoms with van der Waals surface area (Å²) in [6.07, 6.45) is 4.85. The summed E-state index contributed by atoms with van der Waals surface area (Å²) in [6.45, 7) is 5.46. The average molecular weight is 460 g/mol. The van der Waals surface area contributed by atoms with Crippen LogP contribution in [0.5, 0.6) is 5.75 Å². The molecule has 1 fully saturated rings. The molecule has 1 N–H and O–H groups in total. The van der Waals surface area contributed by atoms with E-state index in [1.54, 1.807) is 4.90 Å². The van der Waals surface area contributed by atoms with Crippen LogP contribution in [0.1, 0.15) is 62.4 Å². The number of piperazine rings is 1. The molecule has 0 saturated carbocycles. The molecule has 6 nitrogen and oxygen atoms in total. The third kappa shape index (κ3) is 3.85. The molecule has 3 heterocycles. The number of rotatable bonds is 8. The minimum atomic E-state index is -0.501. The van der Waals surface area contributed by atoms with E-state index >= 15 is 0 Å². The molecule has 0 aliphatic carbocycles. The molecule has 6 heteroatoms. The van der Waals surface area contributed by atoms with E-state index < -0.39 is 6.04 Å². The first-order chi connectivity index (χ1) is 16.6. The van der Waals surface area contributed by atoms with E-state index in [-0.39, 0.29) is 24.4 Å². The molecule has 2 aliphatic heterocycles. The van der Waals surface area contributed by atoms with Gasteiger partial charge in [-0.05, 0) is 31.0 Å². The van der Waals surface area contributed by atoms with E-state index in [0.717, 1.165) is 59.2 Å². The summed E-state index contributed by atoms with van der Waals surface area (Å²) < 4.78 is 5.97. The lowest BCUT2D eigenvalue weighted by molar-refractivity contribution is -0.158. The van der Waals surface area contributed by atoms with E-state index in [1.165, 1.54) is 0 Å². The van der Waals surface area contributed by atoms with Crippen molar-refractivity contribution in [3.63, 3.8) is 0 Å². The first-order valence-corrected chi connectivity index (χ1v) is 12.5. The number of hydrogen-bond donors (Lipinski definition) is 1. The van der Waals surface area contributed by atoms with Gasteiger partial charge in [0.15, 0.2) is 0 Å². The molecule has 34 heavy (non-hydrogen) atoms. The van der Waals surface area contributed by atoms with Gasteiger partial charge in [0, 0.05) is 35.1 Å². The number of carbonyl (C=O) groups excluding carboxylic acids is 2. The highest BCUT2D eigenvalue weighted by Gasteiger charge is 2.48. The van der Waals surface area contributed by atoms with Crippen molar-refractivity contribution in [2.45, 2.75) is 58.0 Å². The number of unbranched alkanes of at least 4 members (excludes halogenated alkanes) is 3. The molecule has 0 radical (unpaired) electrons. The number of amides is 2. The number of fused-ring (bicyclic) bond motifs is 4. The maximum atomic E-state index is 13.7. The van der Waals surface area contributed by atoms with Crippen LogP contribution in [0.25, 0.3) is 10.9 Å². The smallest absolute Gasteiger partial charge is 0.246 e. The predicted octanol–water partition coefficient (Wildman–Crippen LogP) is 4.83. The number of aromatic amines is 1. The second-order valence-electron chi connectivity index (χ2n) is 9.28. The first-order valence-electron chi connectivity index (χ1n) is 12.5. The molecule has 3 aromatic rings. The highest BCUT2D eigenvalue weighted by Crippen LogP contribution is 2.44. The second-order valence-corrected chi connectivity index (χ2v) is 9.28. The van der Waals surface area contributed by atoms with E-state index in [9.17, 15) is 9.59 Å². The van der Waals surface area contributed by atoms with Gasteiger partial charge in [0.05, 0.1) is 13.2 Å². The van der Waals surface area contributed by atoms with Crippen molar-refractivity contribution in [3.8, 4) is 5.75 Å². The number of nitrogens with zero attached hydrogens (tertiary/aromatic N) is 2. The fourth-order valence-corrected chi connectivity index (χ4v) is 5.56. The van der Waals surface area contributed by atoms with Crippen LogP contribution < -0.4 is 4.74 Å². The topological polar surface area (TPSA) is 65.6 Å². The summed E-state index contributed by atoms with van der Waals surface area (Å²) in [6, 6.07) is 15.2. The van der Waals surface area contributed by atoms with Crippen LogP contribution in [0, 0.1) is 0 Å². The van der Waals surface area contributed by atoms with Crippen molar-refractivity contribution < 1.29 is 14.3 Å². The minimum absolute atomic E-state index is 0.000647. The Labute approximate surface area is 200 Å². The van der Waals surface area contributed by atoms with Crippen molar-refractivity contribution in [2.24, 2.45) is 0 Å². The number of benzene rings is 2. The summed E-state index contributed by atoms with van der Waals surface area (Å²) in [5.41, 5.74) is 4.06. The van der Waals surface area contributed by atoms with Gasteiger partial charge in [-0.1, -0.05) is 62.6 Å². The molecule has 0 bridgehead atoms. The maximum Gasteiger partial charge on any atom is 0.246 e. The van der Waals surface area contributed by atoms with Crippen LogP contribution >= 0.6 is 0 Å². The van der Waals surface area contributed by atoms with Gasteiger partial charge in [0.1, 0.15) is 17.8 Å². The summed E-state index contributed by atoms with van der Waals surface area (Å²) in [5, 5.41) is 1.12. The van der Waals surface area contributed by atoms with Gasteiger partial charge in [-0.25, -0.2) is 0 Å². The fourth-order valence-electron chi connectivity index (χ4n) is 5.56. The number of ether oxygens (including phenoxy) is 1. The van der Waals surface area contributed by atoms with Crippen molar-refractivity contribution in [1.29, 1.82) is 0 Å². The molecule has 2 aliphatic rings. The van der Waals surface area contributed by atoms with Crippen LogP contribution in [0.15, 0.2) is 48.5 Å². The van der Waals surface area contributed by atoms with Gasteiger partial charge >= 0.3 is 0 Å². The highest BCUT2D eigenvalue weighted by atomic mass is 16.5. The maximum absolute atomic E-state index is 13.7. The Morgan fingerprint density at radius 3 is 2.62 bits per heavy atom. The van der Waals surface area contributed by atoms with Gasteiger partial charge in [-0.3, -0.25) is 9.59 Å². The molecule has 2 unspecified atom stereocenters. The molecule has 0 spiro atoms. The first kappa shape index (κ1) is 22.5. The number of aromatic nitrogens is 1. The average Bonchev–Trinajstić information content (AvgIpc) is 3.22. The largest absolute Gasteiger partial charge is 0.494 e. The number of nitrogens with one attached hydrogen (secondary N) is 1. The zero-order valence-corrected chi connectivity index (χ0v) is 20.0. The predicted molar refractivity (Wildman–Crippen MR) is 133 cm³/mol. The second kappa shape index (κ2) is 9.53. The van der Waals surface area contributed by atoms with Crippen molar-refractivity contribution in [1.82, 2.24) is 14.8 Å². The number of hydrogen-bond acceptors (Lipinski definition) is 3. The summed E-state index contributed by atoms with van der Waals surface area (Å²) in [7, 11) is 0. The quantitative estimate of drug-likeness (QED) is 0.491. The van der Waals surface area contributed by atoms with Crippen LogP contribution in [0.4, 0.5) is 0 Å². The van der Waals surface area contributed by atoms with Gasteiger partial charge < -0.3 is 19.5 Å². The van der Waals surface area contributed by atoms with E-state index in [4.69, 9.17) is 4.74 Å². The normalized spacial score (nSPS) is 19.9. The Balaban J connectivity index is 1.59. The third-order valence-corrected chi connectivity index (χ3v) is 7.14. The minimum Gasteiger partial charge on any atom is -0.494 e. The molecule has 1 aromatic heterocycles. The number of para-hydroxylation sites is 2. The molecule has 5 rings (SSSR count). The summed E-state index contributed by atoms with van der Waals surface area (Å²) in [5.74, 6) is 0.814. The van der Waals surface area contributed by atoms with Gasteiger partial charge in [-0.15, -0.1) is 0 Å². The Morgan fingerprint density at radius 1 is 1.00 bits per heavy atom. The van der Waals surface area contributed by atoms with Crippen molar-refractivity contribution >= 4 is 22.7 Å². The zero-order chi connectivity index (χ0) is 23.7. The summed E-state index contributed by atoms with van der Waals surface area (Å²) in [4.78, 5) is 34.5. The van der Waals surface area contributed by atoms with E-state index in [0.29, 0.717) is 19.6 Å². The van der Waals surface area contributed by atoms with Crippen LogP contribution in [-0.4, -0.2) is 52.3 Å². The van der Waals surface area contributed by atoms with E-state index in [2.05, 4.69) is 24.0 Å². The third-order valence-electron chi connectivity index (χ3n) is 7.14. The molecule has 178 valence electrons. The summed E-state index contributed by atoms with van der Waals surface area (Å²) >= 11 is 0. The van der Waals surface area contributed by atoms with Crippen molar-refractivity contribution in [2.75, 3.05) is 19.7 Å². The zero-order valence-electron chi connectivity index (χ0n) is 20.0. The number of carbonyl (C=O) groups is 2. The highest BCUT2D eigenvalue weighted by molar-refractivity contribution is 5.97. The van der Waals surface area contributed by atoms with Gasteiger partial charge in [0.25, 0.3) is 0 Å². The molecular formula is C28H33N3O3. The molecule has 1 saturated heterocycles. The number of H-pyrrole nitrogens is 1. The lowest BCUT2D eigenvalue weighted by Crippen LogP contribution is -2.63. The lowest BCUT2D eigenvalue weighted by atomic mass is 9.86. The Kier molecular flexibility index (Phi) is 6.31. The Bertz CT molecular complexity index is 1200. The molecule has 2 aromatic carbocycles. The van der Waals surface area contributed by atoms with Crippen molar-refractivity contribution in [3.05, 3.63) is 65.4 Å². The van der Waals surface area contributed by atoms with Gasteiger partial charge in [-0.2, -0.15) is 0 Å². The fraction of sp³-hybridized carbons (Fsp3) is 0.429. The monoisotopic (exact) mass is 459 g/mol. The lowest BCUT2D eigenvalue weighted by Gasteiger charge is -2.47. The van der Waals surface area contributed by atoms with E-state index in [1.807, 2.05) is 48.2 Å². The van der Waals surface area contributed by atoms with Crippen LogP contribution in [0.3, 0.4) is 0 Å². The molecular weight excluding hydrogens is 426 g/mol. The molecule has 2 amide bonds. The molecule has 2 atom stereocenters. The Morgan fingerprint density at radius 2 is 1.79 bits per heavy atom. The Hall–Kier alpha value is -3.28. The SMILES string of the molecule is CCCCCCN1CC(=O)N2C(Cc3c([nH]c4ccccc34)C2c2ccccc2OCC)C1=O. The standard InChI is InChI=1S/C28H33N3O3/c1-3-5-6-11-16-30-18-25(32)31-23(28(30)33)17-21-19-12-7-9-14-22(19)29-26(21)27(31)20-13-8-10-15-24(20)34-4-2/h7-10,12-15,23,27,29H,3-6,11,16-18H2,1-2H3. The van der Waals surface area contributed by atoms with Crippen LogP contribution in [-0.2, 0) is 16.0 Å². The van der Waals surface area contributed by atoms with Gasteiger partial charge in [0.2, 0.25) is 11.8 Å².